The van der Waals surface area contributed by atoms with Crippen molar-refractivity contribution in [3.63, 3.8) is 0 Å². The number of rotatable bonds is 3. The van der Waals surface area contributed by atoms with Gasteiger partial charge in [-0.15, -0.1) is 0 Å². The third-order valence-electron chi connectivity index (χ3n) is 2.15. The minimum absolute atomic E-state index is 0.226. The smallest absolute Gasteiger partial charge is 0.251 e. The van der Waals surface area contributed by atoms with Crippen LogP contribution in [0.15, 0.2) is 46.5 Å². The Labute approximate surface area is 107 Å². The Kier molecular flexibility index (Phi) is 3.47. The molecule has 0 atom stereocenters. The SMILES string of the molecule is NC(=O)c1cc(N)cnc1Sc1cccc(F)c1. The van der Waals surface area contributed by atoms with Crippen LogP contribution in [0.4, 0.5) is 10.1 Å². The molecule has 0 aliphatic carbocycles. The standard InChI is InChI=1S/C12H10FN3OS/c13-7-2-1-3-9(4-7)18-12-10(11(15)17)5-8(14)6-16-12/h1-6H,14H2,(H2,15,17). The summed E-state index contributed by atoms with van der Waals surface area (Å²) in [5.74, 6) is -0.968. The molecule has 0 spiro atoms. The zero-order valence-electron chi connectivity index (χ0n) is 9.26. The number of nitrogens with zero attached hydrogens (tertiary/aromatic N) is 1. The van der Waals surface area contributed by atoms with Crippen LogP contribution in [-0.2, 0) is 0 Å². The second kappa shape index (κ2) is 5.05. The summed E-state index contributed by atoms with van der Waals surface area (Å²) in [4.78, 5) is 15.9. The van der Waals surface area contributed by atoms with E-state index in [9.17, 15) is 9.18 Å². The molecular weight excluding hydrogens is 253 g/mol. The van der Waals surface area contributed by atoms with E-state index in [1.54, 1.807) is 12.1 Å². The van der Waals surface area contributed by atoms with Gasteiger partial charge in [0.15, 0.2) is 0 Å². The summed E-state index contributed by atoms with van der Waals surface area (Å²) in [6.07, 6.45) is 1.42. The minimum atomic E-state index is -0.617. The monoisotopic (exact) mass is 263 g/mol. The fraction of sp³-hybridized carbons (Fsp3) is 0. The van der Waals surface area contributed by atoms with Gasteiger partial charge in [0.1, 0.15) is 10.8 Å². The van der Waals surface area contributed by atoms with Crippen LogP contribution in [0.5, 0.6) is 0 Å². The van der Waals surface area contributed by atoms with Crippen LogP contribution in [0.25, 0.3) is 0 Å². The van der Waals surface area contributed by atoms with Crippen molar-refractivity contribution in [1.29, 1.82) is 0 Å². The van der Waals surface area contributed by atoms with Gasteiger partial charge in [0.05, 0.1) is 17.4 Å². The molecule has 0 aliphatic heterocycles. The highest BCUT2D eigenvalue weighted by atomic mass is 32.2. The molecule has 4 nitrogen and oxygen atoms in total. The maximum absolute atomic E-state index is 13.0. The molecule has 0 fully saturated rings. The number of benzene rings is 1. The average Bonchev–Trinajstić information content (AvgIpc) is 2.31. The molecular formula is C12H10FN3OS. The zero-order valence-corrected chi connectivity index (χ0v) is 10.1. The predicted molar refractivity (Wildman–Crippen MR) is 67.7 cm³/mol. The first-order chi connectivity index (χ1) is 8.56. The highest BCUT2D eigenvalue weighted by molar-refractivity contribution is 7.99. The van der Waals surface area contributed by atoms with Gasteiger partial charge in [0.25, 0.3) is 5.91 Å². The fourth-order valence-corrected chi connectivity index (χ4v) is 2.28. The van der Waals surface area contributed by atoms with Crippen molar-refractivity contribution in [2.24, 2.45) is 5.73 Å². The minimum Gasteiger partial charge on any atom is -0.397 e. The van der Waals surface area contributed by atoms with Gasteiger partial charge in [-0.2, -0.15) is 0 Å². The number of halogens is 1. The molecule has 1 amide bonds. The molecule has 0 bridgehead atoms. The highest BCUT2D eigenvalue weighted by Crippen LogP contribution is 2.29. The molecule has 0 saturated heterocycles. The van der Waals surface area contributed by atoms with E-state index in [0.717, 1.165) is 11.8 Å². The Bertz CT molecular complexity index is 604. The lowest BCUT2D eigenvalue weighted by Gasteiger charge is -2.06. The summed E-state index contributed by atoms with van der Waals surface area (Å²) < 4.78 is 13.0. The number of carbonyl (C=O) groups is 1. The Morgan fingerprint density at radius 1 is 1.33 bits per heavy atom. The topological polar surface area (TPSA) is 82.0 Å². The number of hydrogen-bond donors (Lipinski definition) is 2. The van der Waals surface area contributed by atoms with E-state index in [4.69, 9.17) is 11.5 Å². The summed E-state index contributed by atoms with van der Waals surface area (Å²) >= 11 is 1.16. The van der Waals surface area contributed by atoms with Gasteiger partial charge in [0.2, 0.25) is 0 Å². The molecule has 6 heteroatoms. The van der Waals surface area contributed by atoms with Gasteiger partial charge in [0, 0.05) is 4.90 Å². The number of pyridine rings is 1. The van der Waals surface area contributed by atoms with Crippen molar-refractivity contribution in [1.82, 2.24) is 4.98 Å². The number of nitrogens with two attached hydrogens (primary N) is 2. The molecule has 0 radical (unpaired) electrons. The summed E-state index contributed by atoms with van der Waals surface area (Å²) in [6.45, 7) is 0. The van der Waals surface area contributed by atoms with Crippen LogP contribution in [0, 0.1) is 5.82 Å². The molecule has 18 heavy (non-hydrogen) atoms. The lowest BCUT2D eigenvalue weighted by atomic mass is 10.2. The first-order valence-corrected chi connectivity index (χ1v) is 5.86. The highest BCUT2D eigenvalue weighted by Gasteiger charge is 2.11. The van der Waals surface area contributed by atoms with Crippen LogP contribution in [0.3, 0.4) is 0 Å². The maximum atomic E-state index is 13.0. The quantitative estimate of drug-likeness (QED) is 0.888. The second-order valence-electron chi connectivity index (χ2n) is 3.55. The Morgan fingerprint density at radius 2 is 2.11 bits per heavy atom. The lowest BCUT2D eigenvalue weighted by Crippen LogP contribution is -2.13. The molecule has 1 aromatic carbocycles. The predicted octanol–water partition coefficient (Wildman–Crippen LogP) is 2.05. The number of amides is 1. The number of primary amides is 1. The van der Waals surface area contributed by atoms with E-state index < -0.39 is 5.91 Å². The maximum Gasteiger partial charge on any atom is 0.251 e. The molecule has 0 aliphatic rings. The van der Waals surface area contributed by atoms with E-state index in [2.05, 4.69) is 4.98 Å². The summed E-state index contributed by atoms with van der Waals surface area (Å²) in [5.41, 5.74) is 11.4. The number of anilines is 1. The van der Waals surface area contributed by atoms with Crippen molar-refractivity contribution < 1.29 is 9.18 Å². The Balaban J connectivity index is 2.37. The largest absolute Gasteiger partial charge is 0.397 e. The summed E-state index contributed by atoms with van der Waals surface area (Å²) in [7, 11) is 0. The van der Waals surface area contributed by atoms with Gasteiger partial charge < -0.3 is 11.5 Å². The van der Waals surface area contributed by atoms with Crippen molar-refractivity contribution in [3.05, 3.63) is 47.9 Å². The second-order valence-corrected chi connectivity index (χ2v) is 4.61. The van der Waals surface area contributed by atoms with E-state index in [1.807, 2.05) is 0 Å². The van der Waals surface area contributed by atoms with Crippen molar-refractivity contribution in [2.45, 2.75) is 9.92 Å². The van der Waals surface area contributed by atoms with Crippen LogP contribution in [-0.4, -0.2) is 10.9 Å². The molecule has 0 unspecified atom stereocenters. The number of hydrogen-bond acceptors (Lipinski definition) is 4. The van der Waals surface area contributed by atoms with Gasteiger partial charge in [-0.25, -0.2) is 9.37 Å². The Hall–Kier alpha value is -2.08. The molecule has 0 saturated carbocycles. The van der Waals surface area contributed by atoms with E-state index in [1.165, 1.54) is 24.4 Å². The zero-order chi connectivity index (χ0) is 13.1. The van der Waals surface area contributed by atoms with Crippen LogP contribution in [0.2, 0.25) is 0 Å². The number of nitrogen functional groups attached to an aromatic ring is 1. The van der Waals surface area contributed by atoms with Crippen LogP contribution in [0.1, 0.15) is 10.4 Å². The third-order valence-corrected chi connectivity index (χ3v) is 3.16. The van der Waals surface area contributed by atoms with Gasteiger partial charge in [-0.1, -0.05) is 17.8 Å². The van der Waals surface area contributed by atoms with Crippen molar-refractivity contribution in [3.8, 4) is 0 Å². The fourth-order valence-electron chi connectivity index (χ4n) is 1.37. The van der Waals surface area contributed by atoms with Gasteiger partial charge >= 0.3 is 0 Å². The van der Waals surface area contributed by atoms with Crippen molar-refractivity contribution in [2.75, 3.05) is 5.73 Å². The number of aromatic nitrogens is 1. The summed E-state index contributed by atoms with van der Waals surface area (Å²) in [5, 5.41) is 0.405. The van der Waals surface area contributed by atoms with E-state index in [-0.39, 0.29) is 11.4 Å². The molecule has 1 aromatic heterocycles. The molecule has 92 valence electrons. The third kappa shape index (κ3) is 2.78. The Morgan fingerprint density at radius 3 is 2.78 bits per heavy atom. The molecule has 2 rings (SSSR count). The molecule has 2 aromatic rings. The van der Waals surface area contributed by atoms with E-state index in [0.29, 0.717) is 15.6 Å². The molecule has 1 heterocycles. The van der Waals surface area contributed by atoms with Crippen LogP contribution >= 0.6 is 11.8 Å². The van der Waals surface area contributed by atoms with Crippen LogP contribution < -0.4 is 11.5 Å². The summed E-state index contributed by atoms with van der Waals surface area (Å²) in [6, 6.07) is 7.45. The van der Waals surface area contributed by atoms with E-state index >= 15 is 0 Å². The molecule has 4 N–H and O–H groups in total. The van der Waals surface area contributed by atoms with Crippen molar-refractivity contribution >= 4 is 23.4 Å². The normalized spacial score (nSPS) is 10.3. The van der Waals surface area contributed by atoms with Gasteiger partial charge in [-0.3, -0.25) is 4.79 Å². The first-order valence-electron chi connectivity index (χ1n) is 5.05. The average molecular weight is 263 g/mol. The lowest BCUT2D eigenvalue weighted by molar-refractivity contribution is 0.0997. The first kappa shape index (κ1) is 12.4. The number of carbonyl (C=O) groups excluding carboxylic acids is 1. The van der Waals surface area contributed by atoms with Gasteiger partial charge in [-0.05, 0) is 24.3 Å².